The van der Waals surface area contributed by atoms with Crippen molar-refractivity contribution >= 4 is 15.9 Å². The predicted octanol–water partition coefficient (Wildman–Crippen LogP) is 2.96. The van der Waals surface area contributed by atoms with Crippen LogP contribution in [0.1, 0.15) is 56.0 Å². The fourth-order valence-corrected chi connectivity index (χ4v) is 7.48. The van der Waals surface area contributed by atoms with Crippen molar-refractivity contribution < 1.29 is 17.9 Å². The van der Waals surface area contributed by atoms with Crippen LogP contribution in [0.4, 0.5) is 0 Å². The van der Waals surface area contributed by atoms with Gasteiger partial charge in [0.05, 0.1) is 18.1 Å². The SMILES string of the molecule is Cc1ccc(C(=O)N[C@@H]2C(C)(C)[C@@H]3CC[C@@]2(C)C3)cc1S(=O)(=O)N1CCOCC1. The fourth-order valence-electron chi connectivity index (χ4n) is 5.82. The molecule has 0 spiro atoms. The Balaban J connectivity index is 1.60. The molecular weight excluding hydrogens is 388 g/mol. The number of morpholine rings is 1. The van der Waals surface area contributed by atoms with Crippen LogP contribution in [-0.2, 0) is 14.8 Å². The molecule has 1 saturated heterocycles. The Hall–Kier alpha value is -1.44. The summed E-state index contributed by atoms with van der Waals surface area (Å²) in [5, 5.41) is 3.27. The lowest BCUT2D eigenvalue weighted by Gasteiger charge is -2.43. The van der Waals surface area contributed by atoms with Gasteiger partial charge in [-0.25, -0.2) is 8.42 Å². The molecule has 1 aromatic carbocycles. The molecule has 0 unspecified atom stereocenters. The molecule has 2 aliphatic carbocycles. The topological polar surface area (TPSA) is 75.7 Å². The summed E-state index contributed by atoms with van der Waals surface area (Å²) in [6.07, 6.45) is 3.51. The van der Waals surface area contributed by atoms with Gasteiger partial charge in [0.15, 0.2) is 0 Å². The molecule has 160 valence electrons. The number of ether oxygens (including phenoxy) is 1. The van der Waals surface area contributed by atoms with Gasteiger partial charge in [-0.2, -0.15) is 4.31 Å². The minimum absolute atomic E-state index is 0.0517. The van der Waals surface area contributed by atoms with Crippen molar-refractivity contribution in [3.8, 4) is 0 Å². The molecule has 4 rings (SSSR count). The summed E-state index contributed by atoms with van der Waals surface area (Å²) in [7, 11) is -3.65. The highest BCUT2D eigenvalue weighted by atomic mass is 32.2. The molecule has 1 N–H and O–H groups in total. The van der Waals surface area contributed by atoms with Crippen LogP contribution >= 0.6 is 0 Å². The number of hydrogen-bond donors (Lipinski definition) is 1. The summed E-state index contributed by atoms with van der Waals surface area (Å²) in [6.45, 7) is 10.0. The number of nitrogens with zero attached hydrogens (tertiary/aromatic N) is 1. The first-order valence-corrected chi connectivity index (χ1v) is 12.0. The van der Waals surface area contributed by atoms with Gasteiger partial charge in [-0.3, -0.25) is 4.79 Å². The van der Waals surface area contributed by atoms with Gasteiger partial charge < -0.3 is 10.1 Å². The number of fused-ring (bicyclic) bond motifs is 2. The Morgan fingerprint density at radius 2 is 1.90 bits per heavy atom. The molecule has 3 fully saturated rings. The van der Waals surface area contributed by atoms with Crippen LogP contribution in [0, 0.1) is 23.7 Å². The van der Waals surface area contributed by atoms with Gasteiger partial charge in [0.1, 0.15) is 0 Å². The van der Waals surface area contributed by atoms with E-state index < -0.39 is 10.0 Å². The summed E-state index contributed by atoms with van der Waals surface area (Å²) in [5.74, 6) is 0.448. The fraction of sp³-hybridized carbons (Fsp3) is 0.682. The average molecular weight is 421 g/mol. The average Bonchev–Trinajstić information content (AvgIpc) is 3.17. The van der Waals surface area contributed by atoms with Gasteiger partial charge in [0, 0.05) is 24.7 Å². The highest BCUT2D eigenvalue weighted by molar-refractivity contribution is 7.89. The zero-order valence-corrected chi connectivity index (χ0v) is 18.6. The van der Waals surface area contributed by atoms with Crippen molar-refractivity contribution in [1.82, 2.24) is 9.62 Å². The quantitative estimate of drug-likeness (QED) is 0.813. The van der Waals surface area contributed by atoms with Crippen molar-refractivity contribution in [3.63, 3.8) is 0 Å². The van der Waals surface area contributed by atoms with Gasteiger partial charge in [0.2, 0.25) is 10.0 Å². The monoisotopic (exact) mass is 420 g/mol. The Morgan fingerprint density at radius 1 is 1.21 bits per heavy atom. The zero-order chi connectivity index (χ0) is 21.0. The lowest BCUT2D eigenvalue weighted by Crippen LogP contribution is -2.52. The largest absolute Gasteiger partial charge is 0.379 e. The van der Waals surface area contributed by atoms with Crippen LogP contribution in [0.5, 0.6) is 0 Å². The summed E-state index contributed by atoms with van der Waals surface area (Å²) in [6, 6.07) is 5.10. The lowest BCUT2D eigenvalue weighted by molar-refractivity contribution is 0.0728. The molecule has 1 aliphatic heterocycles. The van der Waals surface area contributed by atoms with E-state index in [1.54, 1.807) is 19.1 Å². The molecule has 1 heterocycles. The number of hydrogen-bond acceptors (Lipinski definition) is 4. The van der Waals surface area contributed by atoms with Crippen LogP contribution in [0.25, 0.3) is 0 Å². The van der Waals surface area contributed by atoms with Crippen molar-refractivity contribution in [1.29, 1.82) is 0 Å². The van der Waals surface area contributed by atoms with E-state index >= 15 is 0 Å². The van der Waals surface area contributed by atoms with E-state index in [1.807, 2.05) is 0 Å². The standard InChI is InChI=1S/C22H32N2O4S/c1-15-5-6-16(13-18(15)29(26,27)24-9-11-28-12-10-24)19(25)23-20-21(2,3)17-7-8-22(20,4)14-17/h5-6,13,17,20H,7-12,14H2,1-4H3,(H,23,25)/t17-,20-,22+/m1/s1. The minimum atomic E-state index is -3.65. The number of sulfonamides is 1. The molecule has 3 atom stereocenters. The van der Waals surface area contributed by atoms with E-state index in [2.05, 4.69) is 26.1 Å². The number of nitrogens with one attached hydrogen (secondary N) is 1. The van der Waals surface area contributed by atoms with Gasteiger partial charge in [-0.1, -0.05) is 26.8 Å². The molecule has 2 bridgehead atoms. The molecule has 29 heavy (non-hydrogen) atoms. The van der Waals surface area contributed by atoms with Crippen LogP contribution in [0.3, 0.4) is 0 Å². The second kappa shape index (κ2) is 7.06. The lowest BCUT2D eigenvalue weighted by atomic mass is 9.68. The van der Waals surface area contributed by atoms with Gasteiger partial charge in [0.25, 0.3) is 5.91 Å². The molecule has 1 amide bonds. The maximum absolute atomic E-state index is 13.1. The van der Waals surface area contributed by atoms with Gasteiger partial charge in [-0.15, -0.1) is 0 Å². The third-order valence-electron chi connectivity index (χ3n) is 7.58. The second-order valence-corrected chi connectivity index (χ2v) is 11.7. The minimum Gasteiger partial charge on any atom is -0.379 e. The summed E-state index contributed by atoms with van der Waals surface area (Å²) < 4.78 is 33.0. The molecule has 3 aliphatic rings. The number of rotatable bonds is 4. The Labute approximate surface area is 174 Å². The highest BCUT2D eigenvalue weighted by Gasteiger charge is 2.59. The van der Waals surface area contributed by atoms with E-state index in [4.69, 9.17) is 4.74 Å². The molecule has 0 radical (unpaired) electrons. The van der Waals surface area contributed by atoms with Crippen LogP contribution in [0.2, 0.25) is 0 Å². The normalized spacial score (nSPS) is 31.7. The molecular formula is C22H32N2O4S. The third-order valence-corrected chi connectivity index (χ3v) is 9.62. The number of carbonyl (C=O) groups excluding carboxylic acids is 1. The number of amides is 1. The van der Waals surface area contributed by atoms with Crippen LogP contribution < -0.4 is 5.32 Å². The Kier molecular flexibility index (Phi) is 5.07. The predicted molar refractivity (Wildman–Crippen MR) is 111 cm³/mol. The molecule has 2 saturated carbocycles. The first-order valence-electron chi connectivity index (χ1n) is 10.6. The van der Waals surface area contributed by atoms with Crippen molar-refractivity contribution in [2.24, 2.45) is 16.7 Å². The van der Waals surface area contributed by atoms with E-state index in [1.165, 1.54) is 16.8 Å². The summed E-state index contributed by atoms with van der Waals surface area (Å²) in [5.41, 5.74) is 1.23. The van der Waals surface area contributed by atoms with Crippen molar-refractivity contribution in [2.45, 2.75) is 57.9 Å². The Morgan fingerprint density at radius 3 is 2.52 bits per heavy atom. The highest BCUT2D eigenvalue weighted by Crippen LogP contribution is 2.62. The zero-order valence-electron chi connectivity index (χ0n) is 17.8. The molecule has 6 nitrogen and oxygen atoms in total. The van der Waals surface area contributed by atoms with Crippen molar-refractivity contribution in [3.05, 3.63) is 29.3 Å². The number of carbonyl (C=O) groups is 1. The second-order valence-electron chi connectivity index (χ2n) is 9.82. The van der Waals surface area contributed by atoms with E-state index in [0.29, 0.717) is 43.3 Å². The number of benzene rings is 1. The van der Waals surface area contributed by atoms with Crippen LogP contribution in [0.15, 0.2) is 23.1 Å². The number of aryl methyl sites for hydroxylation is 1. The molecule has 0 aromatic heterocycles. The first kappa shape index (κ1) is 20.8. The maximum atomic E-state index is 13.1. The van der Waals surface area contributed by atoms with Crippen molar-refractivity contribution in [2.75, 3.05) is 26.3 Å². The van der Waals surface area contributed by atoms with E-state index in [0.717, 1.165) is 12.8 Å². The van der Waals surface area contributed by atoms with Gasteiger partial charge in [-0.05, 0) is 60.6 Å². The van der Waals surface area contributed by atoms with E-state index in [9.17, 15) is 13.2 Å². The van der Waals surface area contributed by atoms with Gasteiger partial charge >= 0.3 is 0 Å². The molecule has 7 heteroatoms. The summed E-state index contributed by atoms with van der Waals surface area (Å²) in [4.78, 5) is 13.3. The molecule has 1 aromatic rings. The maximum Gasteiger partial charge on any atom is 0.251 e. The van der Waals surface area contributed by atoms with E-state index in [-0.39, 0.29) is 27.7 Å². The third kappa shape index (κ3) is 3.41. The smallest absolute Gasteiger partial charge is 0.251 e. The van der Waals surface area contributed by atoms with Crippen LogP contribution in [-0.4, -0.2) is 51.0 Å². The summed E-state index contributed by atoms with van der Waals surface area (Å²) >= 11 is 0. The Bertz CT molecular complexity index is 916. The first-order chi connectivity index (χ1) is 13.6.